The maximum atomic E-state index is 13.1. The van der Waals surface area contributed by atoms with Crippen LogP contribution in [0.25, 0.3) is 0 Å². The zero-order chi connectivity index (χ0) is 22.7. The fourth-order valence-corrected chi connectivity index (χ4v) is 5.96. The second-order valence-corrected chi connectivity index (χ2v) is 10.8. The number of thiophene rings is 1. The van der Waals surface area contributed by atoms with Gasteiger partial charge >= 0.3 is 0 Å². The van der Waals surface area contributed by atoms with Crippen molar-refractivity contribution in [3.63, 3.8) is 0 Å². The van der Waals surface area contributed by atoms with Crippen molar-refractivity contribution in [3.05, 3.63) is 93.6 Å². The van der Waals surface area contributed by atoms with Crippen LogP contribution in [0.5, 0.6) is 0 Å². The Bertz CT molecular complexity index is 1330. The number of anilines is 2. The first-order valence-electron chi connectivity index (χ1n) is 9.49. The summed E-state index contributed by atoms with van der Waals surface area (Å²) in [5.41, 5.74) is 2.49. The molecule has 2 heterocycles. The number of hydrogen-bond donors (Lipinski definition) is 2. The Kier molecular flexibility index (Phi) is 6.35. The topological polar surface area (TPSA) is 88.2 Å². The van der Waals surface area contributed by atoms with Crippen LogP contribution in [0.3, 0.4) is 0 Å². The van der Waals surface area contributed by atoms with Gasteiger partial charge in [-0.15, -0.1) is 22.7 Å². The van der Waals surface area contributed by atoms with Crippen molar-refractivity contribution in [2.24, 2.45) is 0 Å². The minimum Gasteiger partial charge on any atom is -0.298 e. The van der Waals surface area contributed by atoms with Gasteiger partial charge in [0, 0.05) is 22.5 Å². The van der Waals surface area contributed by atoms with E-state index in [4.69, 9.17) is 0 Å². The number of carbonyl (C=O) groups is 1. The molecular formula is C22H18FN3O3S3. The zero-order valence-electron chi connectivity index (χ0n) is 16.8. The molecule has 10 heteroatoms. The molecule has 32 heavy (non-hydrogen) atoms. The van der Waals surface area contributed by atoms with E-state index < -0.39 is 10.0 Å². The highest BCUT2D eigenvalue weighted by Gasteiger charge is 2.16. The third-order valence-electron chi connectivity index (χ3n) is 4.55. The molecule has 0 spiro atoms. The van der Waals surface area contributed by atoms with Crippen molar-refractivity contribution in [1.29, 1.82) is 0 Å². The van der Waals surface area contributed by atoms with Crippen LogP contribution in [0.4, 0.5) is 15.2 Å². The summed E-state index contributed by atoms with van der Waals surface area (Å²) in [7, 11) is -3.64. The number of nitrogens with one attached hydrogen (secondary N) is 2. The van der Waals surface area contributed by atoms with E-state index in [1.807, 2.05) is 6.92 Å². The Morgan fingerprint density at radius 1 is 1.06 bits per heavy atom. The van der Waals surface area contributed by atoms with Crippen LogP contribution >= 0.6 is 22.7 Å². The van der Waals surface area contributed by atoms with E-state index in [1.54, 1.807) is 35.7 Å². The monoisotopic (exact) mass is 487 g/mol. The molecule has 2 N–H and O–H groups in total. The van der Waals surface area contributed by atoms with Crippen LogP contribution in [0, 0.1) is 12.7 Å². The summed E-state index contributed by atoms with van der Waals surface area (Å²) in [5.74, 6) is -0.632. The van der Waals surface area contributed by atoms with E-state index in [0.717, 1.165) is 27.5 Å². The number of nitrogens with zero attached hydrogens (tertiary/aromatic N) is 1. The minimum atomic E-state index is -3.64. The van der Waals surface area contributed by atoms with Gasteiger partial charge in [0.05, 0.1) is 5.69 Å². The van der Waals surface area contributed by atoms with Gasteiger partial charge in [0.2, 0.25) is 0 Å². The van der Waals surface area contributed by atoms with Crippen molar-refractivity contribution < 1.29 is 17.6 Å². The Morgan fingerprint density at radius 2 is 1.78 bits per heavy atom. The normalized spacial score (nSPS) is 11.3. The lowest BCUT2D eigenvalue weighted by Crippen LogP contribution is -2.13. The molecule has 2 aromatic carbocycles. The van der Waals surface area contributed by atoms with Crippen LogP contribution < -0.4 is 10.0 Å². The van der Waals surface area contributed by atoms with E-state index in [9.17, 15) is 17.6 Å². The number of aromatic nitrogens is 1. The van der Waals surface area contributed by atoms with E-state index in [2.05, 4.69) is 15.0 Å². The molecule has 0 atom stereocenters. The number of sulfonamides is 1. The molecule has 0 radical (unpaired) electrons. The lowest BCUT2D eigenvalue weighted by atomic mass is 10.1. The quantitative estimate of drug-likeness (QED) is 0.370. The van der Waals surface area contributed by atoms with E-state index in [-0.39, 0.29) is 15.9 Å². The van der Waals surface area contributed by atoms with Gasteiger partial charge in [0.1, 0.15) is 10.0 Å². The summed E-state index contributed by atoms with van der Waals surface area (Å²) >= 11 is 2.49. The molecular weight excluding hydrogens is 469 g/mol. The van der Waals surface area contributed by atoms with Crippen molar-refractivity contribution in [3.8, 4) is 0 Å². The molecule has 0 unspecified atom stereocenters. The van der Waals surface area contributed by atoms with Crippen molar-refractivity contribution in [2.75, 3.05) is 10.0 Å². The van der Waals surface area contributed by atoms with Crippen LogP contribution in [0.2, 0.25) is 0 Å². The van der Waals surface area contributed by atoms with Gasteiger partial charge < -0.3 is 0 Å². The van der Waals surface area contributed by atoms with Gasteiger partial charge in [0.15, 0.2) is 5.13 Å². The molecule has 1 amide bonds. The van der Waals surface area contributed by atoms with Crippen LogP contribution in [0.1, 0.15) is 26.5 Å². The van der Waals surface area contributed by atoms with Gasteiger partial charge in [-0.1, -0.05) is 18.2 Å². The maximum absolute atomic E-state index is 13.1. The van der Waals surface area contributed by atoms with Gasteiger partial charge in [-0.25, -0.2) is 17.8 Å². The predicted octanol–water partition coefficient (Wildman–Crippen LogP) is 5.30. The zero-order valence-corrected chi connectivity index (χ0v) is 19.3. The molecule has 4 rings (SSSR count). The summed E-state index contributed by atoms with van der Waals surface area (Å²) in [6.07, 6.45) is 0.596. The standard InChI is InChI=1S/C22H18FN3O3S3/c1-14-19(13-15-4-8-17(23)9-5-15)31-22(24-14)25-21(27)16-6-10-18(11-7-16)26-32(28,29)20-3-2-12-30-20/h2-12,26H,13H2,1H3,(H,24,25,27). The molecule has 0 fully saturated rings. The summed E-state index contributed by atoms with van der Waals surface area (Å²) in [4.78, 5) is 18.0. The van der Waals surface area contributed by atoms with Crippen LogP contribution in [0.15, 0.2) is 70.3 Å². The number of thiazole rings is 1. The summed E-state index contributed by atoms with van der Waals surface area (Å²) < 4.78 is 40.4. The second kappa shape index (κ2) is 9.19. The fraction of sp³-hybridized carbons (Fsp3) is 0.0909. The van der Waals surface area contributed by atoms with Gasteiger partial charge in [-0.2, -0.15) is 0 Å². The Morgan fingerprint density at radius 3 is 2.44 bits per heavy atom. The van der Waals surface area contributed by atoms with Gasteiger partial charge in [-0.3, -0.25) is 14.8 Å². The number of halogens is 1. The van der Waals surface area contributed by atoms with Crippen LogP contribution in [-0.4, -0.2) is 19.3 Å². The van der Waals surface area contributed by atoms with Gasteiger partial charge in [0.25, 0.3) is 15.9 Å². The molecule has 0 bridgehead atoms. The lowest BCUT2D eigenvalue weighted by Gasteiger charge is -2.07. The Hall–Kier alpha value is -3.08. The highest BCUT2D eigenvalue weighted by atomic mass is 32.2. The lowest BCUT2D eigenvalue weighted by molar-refractivity contribution is 0.102. The minimum absolute atomic E-state index is 0.218. The summed E-state index contributed by atoms with van der Waals surface area (Å²) in [6.45, 7) is 1.86. The molecule has 0 aliphatic heterocycles. The third-order valence-corrected chi connectivity index (χ3v) is 8.40. The largest absolute Gasteiger partial charge is 0.298 e. The average Bonchev–Trinajstić information content (AvgIpc) is 3.41. The first-order valence-corrected chi connectivity index (χ1v) is 12.7. The van der Waals surface area contributed by atoms with Crippen LogP contribution in [-0.2, 0) is 16.4 Å². The number of rotatable bonds is 7. The van der Waals surface area contributed by atoms with Gasteiger partial charge in [-0.05, 0) is 60.3 Å². The smallest absolute Gasteiger partial charge is 0.271 e. The first-order chi connectivity index (χ1) is 15.3. The highest BCUT2D eigenvalue weighted by molar-refractivity contribution is 7.94. The number of aryl methyl sites for hydroxylation is 1. The fourth-order valence-electron chi connectivity index (χ4n) is 2.91. The number of carbonyl (C=O) groups excluding carboxylic acids is 1. The first kappa shape index (κ1) is 22.1. The van der Waals surface area contributed by atoms with Crippen molar-refractivity contribution in [2.45, 2.75) is 17.6 Å². The number of benzene rings is 2. The molecule has 0 aliphatic rings. The van der Waals surface area contributed by atoms with E-state index >= 15 is 0 Å². The Labute approximate surface area is 192 Å². The van der Waals surface area contributed by atoms with Crippen molar-refractivity contribution >= 4 is 49.4 Å². The number of amides is 1. The van der Waals surface area contributed by atoms with E-state index in [0.29, 0.717) is 22.8 Å². The maximum Gasteiger partial charge on any atom is 0.271 e. The molecule has 164 valence electrons. The molecule has 0 saturated carbocycles. The molecule has 0 saturated heterocycles. The Balaban J connectivity index is 1.41. The summed E-state index contributed by atoms with van der Waals surface area (Å²) in [6, 6.07) is 15.6. The summed E-state index contributed by atoms with van der Waals surface area (Å²) in [5, 5.41) is 4.93. The molecule has 4 aromatic rings. The SMILES string of the molecule is Cc1nc(NC(=O)c2ccc(NS(=O)(=O)c3cccs3)cc2)sc1Cc1ccc(F)cc1. The second-order valence-electron chi connectivity index (χ2n) is 6.90. The molecule has 2 aromatic heterocycles. The third kappa shape index (κ3) is 5.21. The molecule has 0 aliphatic carbocycles. The molecule has 6 nitrogen and oxygen atoms in total. The average molecular weight is 488 g/mol. The highest BCUT2D eigenvalue weighted by Crippen LogP contribution is 2.26. The van der Waals surface area contributed by atoms with Crippen molar-refractivity contribution in [1.82, 2.24) is 4.98 Å². The van der Waals surface area contributed by atoms with E-state index in [1.165, 1.54) is 41.7 Å². The predicted molar refractivity (Wildman–Crippen MR) is 126 cm³/mol. The number of hydrogen-bond acceptors (Lipinski definition) is 6.